The summed E-state index contributed by atoms with van der Waals surface area (Å²) in [5.74, 6) is 1.68. The molecule has 0 saturated carbocycles. The van der Waals surface area contributed by atoms with Gasteiger partial charge in [-0.05, 0) is 59.0 Å². The largest absolute Gasteiger partial charge is 0.497 e. The molecule has 5 nitrogen and oxygen atoms in total. The van der Waals surface area contributed by atoms with Crippen LogP contribution < -0.4 is 14.4 Å². The molecule has 4 aromatic rings. The van der Waals surface area contributed by atoms with Gasteiger partial charge in [0.15, 0.2) is 0 Å². The highest BCUT2D eigenvalue weighted by atomic mass is 16.5. The minimum absolute atomic E-state index is 0.372. The smallest absolute Gasteiger partial charge is 0.121 e. The Morgan fingerprint density at radius 1 is 0.868 bits per heavy atom. The minimum atomic E-state index is -0.372. The van der Waals surface area contributed by atoms with E-state index in [0.717, 1.165) is 41.1 Å². The van der Waals surface area contributed by atoms with E-state index in [1.54, 1.807) is 14.2 Å². The first-order valence-electron chi connectivity index (χ1n) is 13.7. The maximum absolute atomic E-state index is 11.0. The molecule has 1 aliphatic heterocycles. The highest BCUT2D eigenvalue weighted by Gasteiger charge is 2.22. The lowest BCUT2D eigenvalue weighted by atomic mass is 9.88. The summed E-state index contributed by atoms with van der Waals surface area (Å²) < 4.78 is 13.1. The molecule has 0 bridgehead atoms. The molecule has 2 N–H and O–H groups in total. The molecule has 2 heterocycles. The van der Waals surface area contributed by atoms with Gasteiger partial charge in [-0.2, -0.15) is 0 Å². The summed E-state index contributed by atoms with van der Waals surface area (Å²) in [5, 5.41) is 12.2. The Morgan fingerprint density at radius 2 is 1.45 bits per heavy atom. The van der Waals surface area contributed by atoms with Crippen LogP contribution in [0, 0.1) is 0 Å². The van der Waals surface area contributed by atoms with Gasteiger partial charge in [0, 0.05) is 35.5 Å². The number of benzene rings is 3. The second-order valence-corrected chi connectivity index (χ2v) is 10.2. The quantitative estimate of drug-likeness (QED) is 0.313. The Hall–Kier alpha value is -3.54. The Balaban J connectivity index is 1.63. The van der Waals surface area contributed by atoms with Crippen LogP contribution in [0.15, 0.2) is 79.0 Å². The number of rotatable bonds is 10. The van der Waals surface area contributed by atoms with Gasteiger partial charge >= 0.3 is 0 Å². The lowest BCUT2D eigenvalue weighted by Crippen LogP contribution is -3.11. The van der Waals surface area contributed by atoms with Crippen LogP contribution in [0.1, 0.15) is 42.9 Å². The minimum Gasteiger partial charge on any atom is -0.497 e. The lowest BCUT2D eigenvalue weighted by Gasteiger charge is -2.18. The Kier molecular flexibility index (Phi) is 8.16. The predicted molar refractivity (Wildman–Crippen MR) is 155 cm³/mol. The molecule has 1 aromatic heterocycles. The average molecular weight is 512 g/mol. The first-order valence-corrected chi connectivity index (χ1v) is 13.7. The van der Waals surface area contributed by atoms with Crippen LogP contribution in [-0.4, -0.2) is 49.6 Å². The molecule has 0 aliphatic carbocycles. The second kappa shape index (κ2) is 11.9. The van der Waals surface area contributed by atoms with Crippen LogP contribution in [0.5, 0.6) is 11.5 Å². The SMILES string of the molecule is CCC(=C(c1ccc(OC)cc1)c1ccc(OC)cc1)c1cn(C[C@@H](O)C[NH+]2CCCC2)c2ccccc12. The maximum atomic E-state index is 11.0. The number of fused-ring (bicyclic) bond motifs is 1. The van der Waals surface area contributed by atoms with E-state index in [1.165, 1.54) is 52.9 Å². The van der Waals surface area contributed by atoms with Crippen LogP contribution in [-0.2, 0) is 6.54 Å². The first kappa shape index (κ1) is 26.1. The number of ether oxygens (including phenoxy) is 2. The maximum Gasteiger partial charge on any atom is 0.121 e. The van der Waals surface area contributed by atoms with E-state index in [1.807, 2.05) is 24.3 Å². The molecular formula is C33H39N2O3+. The molecule has 3 aromatic carbocycles. The van der Waals surface area contributed by atoms with Gasteiger partial charge < -0.3 is 24.0 Å². The summed E-state index contributed by atoms with van der Waals surface area (Å²) in [7, 11) is 3.39. The number of quaternary nitrogens is 1. The zero-order chi connectivity index (χ0) is 26.5. The van der Waals surface area contributed by atoms with Crippen molar-refractivity contribution < 1.29 is 19.5 Å². The van der Waals surface area contributed by atoms with Crippen molar-refractivity contribution >= 4 is 22.0 Å². The third-order valence-electron chi connectivity index (χ3n) is 7.77. The van der Waals surface area contributed by atoms with Crippen molar-refractivity contribution in [3.8, 4) is 11.5 Å². The molecule has 5 heteroatoms. The van der Waals surface area contributed by atoms with Crippen LogP contribution in [0.3, 0.4) is 0 Å². The number of likely N-dealkylation sites (tertiary alicyclic amines) is 1. The first-order chi connectivity index (χ1) is 18.6. The van der Waals surface area contributed by atoms with E-state index in [4.69, 9.17) is 9.47 Å². The lowest BCUT2D eigenvalue weighted by molar-refractivity contribution is -0.890. The Bertz CT molecular complexity index is 1330. The number of nitrogens with zero attached hydrogens (tertiary/aromatic N) is 1. The van der Waals surface area contributed by atoms with Crippen LogP contribution >= 0.6 is 0 Å². The van der Waals surface area contributed by atoms with Crippen molar-refractivity contribution in [1.29, 1.82) is 0 Å². The number of aromatic nitrogens is 1. The molecule has 38 heavy (non-hydrogen) atoms. The summed E-state index contributed by atoms with van der Waals surface area (Å²) >= 11 is 0. The summed E-state index contributed by atoms with van der Waals surface area (Å²) in [6.45, 7) is 5.97. The summed E-state index contributed by atoms with van der Waals surface area (Å²) in [6, 6.07) is 25.2. The number of hydrogen-bond acceptors (Lipinski definition) is 3. The number of nitrogens with one attached hydrogen (secondary N) is 1. The van der Waals surface area contributed by atoms with Gasteiger partial charge in [0.1, 0.15) is 24.1 Å². The Labute approximate surface area is 225 Å². The van der Waals surface area contributed by atoms with Gasteiger partial charge in [0.2, 0.25) is 0 Å². The molecule has 1 aliphatic rings. The summed E-state index contributed by atoms with van der Waals surface area (Å²) in [4.78, 5) is 1.52. The fourth-order valence-corrected chi connectivity index (χ4v) is 5.87. The van der Waals surface area contributed by atoms with Crippen molar-refractivity contribution in [1.82, 2.24) is 4.57 Å². The molecule has 1 saturated heterocycles. The molecule has 5 rings (SSSR count). The van der Waals surface area contributed by atoms with Crippen LogP contribution in [0.4, 0.5) is 0 Å². The molecule has 1 atom stereocenters. The molecule has 0 amide bonds. The van der Waals surface area contributed by atoms with E-state index in [-0.39, 0.29) is 6.10 Å². The third-order valence-corrected chi connectivity index (χ3v) is 7.77. The summed E-state index contributed by atoms with van der Waals surface area (Å²) in [5.41, 5.74) is 7.13. The highest BCUT2D eigenvalue weighted by Crippen LogP contribution is 2.39. The van der Waals surface area contributed by atoms with Gasteiger partial charge in [-0.1, -0.05) is 49.4 Å². The van der Waals surface area contributed by atoms with Gasteiger partial charge in [-0.25, -0.2) is 0 Å². The average Bonchev–Trinajstić information content (AvgIpc) is 3.60. The molecule has 198 valence electrons. The van der Waals surface area contributed by atoms with Crippen molar-refractivity contribution in [2.45, 2.75) is 38.8 Å². The Morgan fingerprint density at radius 3 is 2.00 bits per heavy atom. The number of methoxy groups -OCH3 is 2. The van der Waals surface area contributed by atoms with Gasteiger partial charge in [0.05, 0.1) is 33.9 Å². The number of para-hydroxylation sites is 1. The van der Waals surface area contributed by atoms with Crippen molar-refractivity contribution in [3.63, 3.8) is 0 Å². The zero-order valence-corrected chi connectivity index (χ0v) is 22.7. The number of aliphatic hydroxyl groups excluding tert-OH is 1. The van der Waals surface area contributed by atoms with E-state index in [9.17, 15) is 5.11 Å². The molecule has 1 fully saturated rings. The van der Waals surface area contributed by atoms with Gasteiger partial charge in [-0.3, -0.25) is 0 Å². The summed E-state index contributed by atoms with van der Waals surface area (Å²) in [6.07, 6.45) is 5.27. The van der Waals surface area contributed by atoms with Gasteiger partial charge in [0.25, 0.3) is 0 Å². The molecule has 0 unspecified atom stereocenters. The van der Waals surface area contributed by atoms with E-state index in [0.29, 0.717) is 6.54 Å². The number of hydrogen-bond donors (Lipinski definition) is 2. The van der Waals surface area contributed by atoms with E-state index < -0.39 is 0 Å². The molecule has 0 spiro atoms. The zero-order valence-electron chi connectivity index (χ0n) is 22.7. The standard InChI is InChI=1S/C33H38N2O3/c1-4-29(33(24-11-15-27(37-2)16-12-24)25-13-17-28(38-3)18-14-25)31-23-35(32-10-6-5-9-30(31)32)22-26(36)21-34-19-7-8-20-34/h5-6,9-18,23,26,36H,4,7-8,19-22H2,1-3H3/p+1/t26-/m0/s1. The third kappa shape index (κ3) is 5.50. The van der Waals surface area contributed by atoms with Crippen LogP contribution in [0.25, 0.3) is 22.0 Å². The second-order valence-electron chi connectivity index (χ2n) is 10.2. The van der Waals surface area contributed by atoms with Crippen molar-refractivity contribution in [2.24, 2.45) is 0 Å². The highest BCUT2D eigenvalue weighted by molar-refractivity contribution is 6.05. The fourth-order valence-electron chi connectivity index (χ4n) is 5.87. The monoisotopic (exact) mass is 511 g/mol. The fraction of sp³-hybridized carbons (Fsp3) is 0.333. The topological polar surface area (TPSA) is 48.1 Å². The molecular weight excluding hydrogens is 472 g/mol. The number of allylic oxidation sites excluding steroid dienone is 1. The van der Waals surface area contributed by atoms with E-state index >= 15 is 0 Å². The van der Waals surface area contributed by atoms with Crippen molar-refractivity contribution in [3.05, 3.63) is 95.7 Å². The van der Waals surface area contributed by atoms with E-state index in [2.05, 4.69) is 66.2 Å². The van der Waals surface area contributed by atoms with Gasteiger partial charge in [-0.15, -0.1) is 0 Å². The van der Waals surface area contributed by atoms with Crippen molar-refractivity contribution in [2.75, 3.05) is 33.9 Å². The predicted octanol–water partition coefficient (Wildman–Crippen LogP) is 5.07. The number of aliphatic hydroxyl groups is 1. The normalized spacial score (nSPS) is 14.5. The van der Waals surface area contributed by atoms with Crippen LogP contribution in [0.2, 0.25) is 0 Å². The molecule has 0 radical (unpaired) electrons.